The SMILES string of the molecule is Cc1sc(C2NCCc3occc32)cc1Br. The van der Waals surface area contributed by atoms with Crippen molar-refractivity contribution >= 4 is 27.3 Å². The summed E-state index contributed by atoms with van der Waals surface area (Å²) in [6.45, 7) is 3.12. The van der Waals surface area contributed by atoms with Gasteiger partial charge in [0.05, 0.1) is 12.3 Å². The Kier molecular flexibility index (Phi) is 2.65. The number of aryl methyl sites for hydroxylation is 1. The molecule has 0 saturated carbocycles. The number of fused-ring (bicyclic) bond motifs is 1. The quantitative estimate of drug-likeness (QED) is 0.869. The average molecular weight is 298 g/mol. The summed E-state index contributed by atoms with van der Waals surface area (Å²) in [6.07, 6.45) is 2.78. The minimum absolute atomic E-state index is 0.303. The van der Waals surface area contributed by atoms with Gasteiger partial charge in [-0.3, -0.25) is 0 Å². The number of hydrogen-bond acceptors (Lipinski definition) is 3. The van der Waals surface area contributed by atoms with Gasteiger partial charge < -0.3 is 9.73 Å². The molecule has 0 fully saturated rings. The monoisotopic (exact) mass is 297 g/mol. The van der Waals surface area contributed by atoms with Crippen LogP contribution in [-0.2, 0) is 6.42 Å². The molecule has 4 heteroatoms. The largest absolute Gasteiger partial charge is 0.469 e. The van der Waals surface area contributed by atoms with Gasteiger partial charge in [-0.1, -0.05) is 0 Å². The van der Waals surface area contributed by atoms with Gasteiger partial charge in [0.1, 0.15) is 5.76 Å². The van der Waals surface area contributed by atoms with Gasteiger partial charge in [-0.15, -0.1) is 11.3 Å². The van der Waals surface area contributed by atoms with Crippen molar-refractivity contribution in [1.82, 2.24) is 5.32 Å². The molecule has 1 atom stereocenters. The van der Waals surface area contributed by atoms with E-state index in [0.717, 1.165) is 18.7 Å². The minimum atomic E-state index is 0.303. The Labute approximate surface area is 107 Å². The molecular weight excluding hydrogens is 286 g/mol. The average Bonchev–Trinajstić information content (AvgIpc) is 2.85. The Morgan fingerprint density at radius 1 is 1.56 bits per heavy atom. The molecule has 0 amide bonds. The van der Waals surface area contributed by atoms with Crippen LogP contribution in [0, 0.1) is 6.92 Å². The molecule has 0 bridgehead atoms. The van der Waals surface area contributed by atoms with Crippen molar-refractivity contribution in [3.63, 3.8) is 0 Å². The Morgan fingerprint density at radius 3 is 3.19 bits per heavy atom. The van der Waals surface area contributed by atoms with E-state index in [1.54, 1.807) is 6.26 Å². The van der Waals surface area contributed by atoms with Gasteiger partial charge in [0.25, 0.3) is 0 Å². The third-order valence-electron chi connectivity index (χ3n) is 2.95. The molecular formula is C12H12BrNOS. The molecule has 0 saturated heterocycles. The summed E-state index contributed by atoms with van der Waals surface area (Å²) in [6, 6.07) is 4.59. The van der Waals surface area contributed by atoms with E-state index in [1.165, 1.54) is 19.8 Å². The van der Waals surface area contributed by atoms with Crippen molar-refractivity contribution in [1.29, 1.82) is 0 Å². The zero-order valence-electron chi connectivity index (χ0n) is 8.92. The van der Waals surface area contributed by atoms with Crippen LogP contribution in [0.5, 0.6) is 0 Å². The maximum absolute atomic E-state index is 5.50. The van der Waals surface area contributed by atoms with Crippen LogP contribution >= 0.6 is 27.3 Å². The van der Waals surface area contributed by atoms with Crippen molar-refractivity contribution < 1.29 is 4.42 Å². The van der Waals surface area contributed by atoms with Crippen molar-refractivity contribution in [3.8, 4) is 0 Å². The minimum Gasteiger partial charge on any atom is -0.469 e. The van der Waals surface area contributed by atoms with E-state index in [2.05, 4.69) is 40.3 Å². The fourth-order valence-corrected chi connectivity index (χ4v) is 3.78. The fraction of sp³-hybridized carbons (Fsp3) is 0.333. The lowest BCUT2D eigenvalue weighted by molar-refractivity contribution is 0.458. The van der Waals surface area contributed by atoms with Crippen molar-refractivity contribution in [2.24, 2.45) is 0 Å². The van der Waals surface area contributed by atoms with E-state index in [1.807, 2.05) is 11.3 Å². The standard InChI is InChI=1S/C12H12BrNOS/c1-7-9(13)6-11(16-7)12-8-3-5-15-10(8)2-4-14-12/h3,5-6,12,14H,2,4H2,1H3. The van der Waals surface area contributed by atoms with Crippen molar-refractivity contribution in [2.45, 2.75) is 19.4 Å². The molecule has 3 rings (SSSR count). The zero-order valence-corrected chi connectivity index (χ0v) is 11.3. The maximum Gasteiger partial charge on any atom is 0.110 e. The molecule has 1 aliphatic heterocycles. The molecule has 0 radical (unpaired) electrons. The summed E-state index contributed by atoms with van der Waals surface area (Å²) in [7, 11) is 0. The van der Waals surface area contributed by atoms with Crippen LogP contribution in [0.2, 0.25) is 0 Å². The summed E-state index contributed by atoms with van der Waals surface area (Å²) < 4.78 is 6.70. The summed E-state index contributed by atoms with van der Waals surface area (Å²) in [5.41, 5.74) is 1.29. The van der Waals surface area contributed by atoms with Gasteiger partial charge in [0, 0.05) is 32.8 Å². The molecule has 0 aliphatic carbocycles. The smallest absolute Gasteiger partial charge is 0.110 e. The second-order valence-electron chi connectivity index (χ2n) is 3.99. The van der Waals surface area contributed by atoms with Gasteiger partial charge in [0.2, 0.25) is 0 Å². The second-order valence-corrected chi connectivity index (χ2v) is 6.13. The van der Waals surface area contributed by atoms with Gasteiger partial charge in [-0.2, -0.15) is 0 Å². The highest BCUT2D eigenvalue weighted by atomic mass is 79.9. The maximum atomic E-state index is 5.50. The predicted octanol–water partition coefficient (Wildman–Crippen LogP) is 3.65. The third kappa shape index (κ3) is 1.65. The van der Waals surface area contributed by atoms with E-state index >= 15 is 0 Å². The fourth-order valence-electron chi connectivity index (χ4n) is 2.13. The summed E-state index contributed by atoms with van der Waals surface area (Å²) in [4.78, 5) is 2.68. The predicted molar refractivity (Wildman–Crippen MR) is 69.0 cm³/mol. The molecule has 3 heterocycles. The van der Waals surface area contributed by atoms with Crippen LogP contribution in [0.4, 0.5) is 0 Å². The van der Waals surface area contributed by atoms with Crippen LogP contribution in [0.15, 0.2) is 27.3 Å². The first-order valence-corrected chi connectivity index (χ1v) is 6.92. The van der Waals surface area contributed by atoms with Gasteiger partial charge in [0.15, 0.2) is 0 Å². The van der Waals surface area contributed by atoms with E-state index < -0.39 is 0 Å². The van der Waals surface area contributed by atoms with E-state index in [-0.39, 0.29) is 0 Å². The number of furan rings is 1. The van der Waals surface area contributed by atoms with E-state index in [9.17, 15) is 0 Å². The Morgan fingerprint density at radius 2 is 2.44 bits per heavy atom. The number of rotatable bonds is 1. The number of halogens is 1. The van der Waals surface area contributed by atoms with Crippen LogP contribution in [0.1, 0.15) is 27.1 Å². The van der Waals surface area contributed by atoms with Gasteiger partial charge >= 0.3 is 0 Å². The van der Waals surface area contributed by atoms with Crippen LogP contribution in [0.3, 0.4) is 0 Å². The Bertz CT molecular complexity index is 497. The van der Waals surface area contributed by atoms with Crippen molar-refractivity contribution in [3.05, 3.63) is 43.9 Å². The lowest BCUT2D eigenvalue weighted by Gasteiger charge is -2.22. The van der Waals surface area contributed by atoms with Gasteiger partial charge in [-0.05, 0) is 35.0 Å². The molecule has 84 valence electrons. The molecule has 1 aliphatic rings. The van der Waals surface area contributed by atoms with E-state index in [0.29, 0.717) is 6.04 Å². The number of thiophene rings is 1. The molecule has 2 nitrogen and oxygen atoms in total. The Balaban J connectivity index is 2.03. The number of hydrogen-bond donors (Lipinski definition) is 1. The first kappa shape index (κ1) is 10.6. The zero-order chi connectivity index (χ0) is 11.1. The molecule has 2 aromatic heterocycles. The summed E-state index contributed by atoms with van der Waals surface area (Å²) in [5, 5.41) is 3.55. The molecule has 1 unspecified atom stereocenters. The summed E-state index contributed by atoms with van der Waals surface area (Å²) in [5.74, 6) is 1.13. The Hall–Kier alpha value is -0.580. The van der Waals surface area contributed by atoms with Crippen molar-refractivity contribution in [2.75, 3.05) is 6.54 Å². The van der Waals surface area contributed by atoms with Crippen LogP contribution in [-0.4, -0.2) is 6.54 Å². The first-order valence-electron chi connectivity index (χ1n) is 5.31. The highest BCUT2D eigenvalue weighted by Gasteiger charge is 2.25. The highest BCUT2D eigenvalue weighted by molar-refractivity contribution is 9.10. The third-order valence-corrected chi connectivity index (χ3v) is 5.15. The normalized spacial score (nSPS) is 19.8. The van der Waals surface area contributed by atoms with Crippen LogP contribution < -0.4 is 5.32 Å². The molecule has 16 heavy (non-hydrogen) atoms. The molecule has 0 spiro atoms. The molecule has 2 aromatic rings. The summed E-state index contributed by atoms with van der Waals surface area (Å²) >= 11 is 5.41. The lowest BCUT2D eigenvalue weighted by Crippen LogP contribution is -2.29. The lowest BCUT2D eigenvalue weighted by atomic mass is 10.0. The van der Waals surface area contributed by atoms with Crippen LogP contribution in [0.25, 0.3) is 0 Å². The molecule has 0 aromatic carbocycles. The topological polar surface area (TPSA) is 25.2 Å². The molecule has 1 N–H and O–H groups in total. The number of nitrogens with one attached hydrogen (secondary N) is 1. The van der Waals surface area contributed by atoms with Gasteiger partial charge in [-0.25, -0.2) is 0 Å². The first-order chi connectivity index (χ1) is 7.75. The second kappa shape index (κ2) is 4.02. The highest BCUT2D eigenvalue weighted by Crippen LogP contribution is 2.36. The van der Waals surface area contributed by atoms with E-state index in [4.69, 9.17) is 4.42 Å².